The van der Waals surface area contributed by atoms with Gasteiger partial charge in [0.05, 0.1) is 21.4 Å². The first-order valence-electron chi connectivity index (χ1n) is 14.1. The molecule has 0 aliphatic carbocycles. The van der Waals surface area contributed by atoms with Gasteiger partial charge < -0.3 is 19.5 Å². The number of hydrogen-bond donors (Lipinski definition) is 3. The lowest BCUT2D eigenvalue weighted by atomic mass is 10.2. The lowest BCUT2D eigenvalue weighted by Crippen LogP contribution is -2.34. The summed E-state index contributed by atoms with van der Waals surface area (Å²) in [5.74, 6) is 4.43. The summed E-state index contributed by atoms with van der Waals surface area (Å²) in [5, 5.41) is 8.76. The highest BCUT2D eigenvalue weighted by Gasteiger charge is 2.17. The summed E-state index contributed by atoms with van der Waals surface area (Å²) in [6, 6.07) is 8.02. The highest BCUT2D eigenvalue weighted by Crippen LogP contribution is 2.21. The number of ether oxygens (including phenoxy) is 3. The number of aromatic nitrogens is 2. The summed E-state index contributed by atoms with van der Waals surface area (Å²) >= 11 is 6.59. The van der Waals surface area contributed by atoms with Crippen LogP contribution in [0.25, 0.3) is 0 Å². The first-order chi connectivity index (χ1) is 21.4. The van der Waals surface area contributed by atoms with Crippen molar-refractivity contribution >= 4 is 88.3 Å². The molecule has 0 saturated heterocycles. The number of rotatable bonds is 12. The standard InChI is InChI=1S/C18H24N2O4S2.C12H15N3O2S2.2ClH/c1-12-20-13(11-25-12)5-6-14-7-8-15(26-14)10-23-17(22)19-9-16(21)24-18(2,3)4;1-8-14-9(7-18-8)2-3-10-4-5-11(19-10)6-17-12(16)15-13;;/h7-8,11H,5-6,9-10H2,1-4H3,(H,19,22);4-5,7H,2-3,6,13H2,1H3,(H,15,16);2*1H. The molecule has 0 fully saturated rings. The SMILES string of the molecule is Cc1nc(CCc2ccc(COC(=O)NCC(=O)OC(C)(C)C)s2)cs1.Cc1nc(CCc2ccc(COC(=O)NN)s2)cs1.Cl.Cl. The minimum Gasteiger partial charge on any atom is -0.459 e. The van der Waals surface area contributed by atoms with Crippen LogP contribution in [0.3, 0.4) is 0 Å². The van der Waals surface area contributed by atoms with Gasteiger partial charge in [0, 0.05) is 30.3 Å². The van der Waals surface area contributed by atoms with E-state index >= 15 is 0 Å². The van der Waals surface area contributed by atoms with Crippen LogP contribution in [-0.4, -0.2) is 40.3 Å². The number of esters is 1. The first-order valence-corrected chi connectivity index (χ1v) is 17.5. The van der Waals surface area contributed by atoms with Crippen LogP contribution in [0.2, 0.25) is 0 Å². The van der Waals surface area contributed by atoms with Crippen LogP contribution in [-0.2, 0) is 57.9 Å². The molecule has 0 aliphatic rings. The highest BCUT2D eigenvalue weighted by molar-refractivity contribution is 7.12. The minimum atomic E-state index is -0.635. The summed E-state index contributed by atoms with van der Waals surface area (Å²) < 4.78 is 15.1. The second-order valence-electron chi connectivity index (χ2n) is 10.7. The van der Waals surface area contributed by atoms with Crippen molar-refractivity contribution in [3.8, 4) is 0 Å². The van der Waals surface area contributed by atoms with Crippen LogP contribution in [0.1, 0.15) is 61.7 Å². The van der Waals surface area contributed by atoms with E-state index < -0.39 is 23.8 Å². The average Bonchev–Trinajstić information content (AvgIpc) is 3.80. The fraction of sp³-hybridized carbons (Fsp3) is 0.433. The van der Waals surface area contributed by atoms with Crippen LogP contribution in [0.4, 0.5) is 9.59 Å². The van der Waals surface area contributed by atoms with Crippen molar-refractivity contribution in [2.45, 2.75) is 79.1 Å². The second kappa shape index (κ2) is 21.2. The third-order valence-electron chi connectivity index (χ3n) is 5.63. The Morgan fingerprint density at radius 1 is 0.745 bits per heavy atom. The number of carbonyl (C=O) groups excluding carboxylic acids is 3. The number of hydrazine groups is 1. The van der Waals surface area contributed by atoms with E-state index in [-0.39, 0.29) is 44.6 Å². The lowest BCUT2D eigenvalue weighted by Gasteiger charge is -2.19. The molecule has 4 N–H and O–H groups in total. The quantitative estimate of drug-likeness (QED) is 0.0450. The molecule has 0 bridgehead atoms. The summed E-state index contributed by atoms with van der Waals surface area (Å²) in [7, 11) is 0. The van der Waals surface area contributed by atoms with E-state index in [0.29, 0.717) is 0 Å². The van der Waals surface area contributed by atoms with E-state index in [1.807, 2.05) is 37.5 Å². The molecule has 17 heteroatoms. The van der Waals surface area contributed by atoms with Gasteiger partial charge in [0.1, 0.15) is 25.4 Å². The molecule has 4 rings (SSSR count). The topological polar surface area (TPSA) is 155 Å². The fourth-order valence-corrected chi connectivity index (χ4v) is 6.86. The third kappa shape index (κ3) is 17.3. The van der Waals surface area contributed by atoms with Gasteiger partial charge in [-0.3, -0.25) is 10.2 Å². The molecule has 47 heavy (non-hydrogen) atoms. The lowest BCUT2D eigenvalue weighted by molar-refractivity contribution is -0.153. The summed E-state index contributed by atoms with van der Waals surface area (Å²) in [6.07, 6.45) is 2.46. The highest BCUT2D eigenvalue weighted by atomic mass is 35.5. The van der Waals surface area contributed by atoms with Crippen molar-refractivity contribution in [2.24, 2.45) is 5.84 Å². The minimum absolute atomic E-state index is 0. The number of nitrogens with zero attached hydrogens (tertiary/aromatic N) is 2. The van der Waals surface area contributed by atoms with Gasteiger partial charge in [0.25, 0.3) is 0 Å². The van der Waals surface area contributed by atoms with E-state index in [9.17, 15) is 14.4 Å². The maximum absolute atomic E-state index is 11.7. The number of nitrogens with one attached hydrogen (secondary N) is 2. The molecule has 0 spiro atoms. The molecular formula is C30H41Cl2N5O6S4. The Morgan fingerprint density at radius 3 is 1.60 bits per heavy atom. The maximum Gasteiger partial charge on any atom is 0.421 e. The number of thiophene rings is 2. The first kappa shape index (κ1) is 42.2. The molecule has 2 amide bonds. The maximum atomic E-state index is 11.7. The van der Waals surface area contributed by atoms with Crippen molar-refractivity contribution < 1.29 is 28.6 Å². The van der Waals surface area contributed by atoms with Gasteiger partial charge in [-0.2, -0.15) is 0 Å². The molecular weight excluding hydrogens is 726 g/mol. The molecule has 4 aromatic rings. The molecule has 0 atom stereocenters. The molecule has 0 saturated carbocycles. The Balaban J connectivity index is 0.000000470. The Bertz CT molecular complexity index is 1530. The third-order valence-corrected chi connectivity index (χ3v) is 9.51. The molecule has 0 radical (unpaired) electrons. The van der Waals surface area contributed by atoms with E-state index in [2.05, 4.69) is 32.1 Å². The Morgan fingerprint density at radius 2 is 1.19 bits per heavy atom. The van der Waals surface area contributed by atoms with E-state index in [4.69, 9.17) is 20.1 Å². The van der Waals surface area contributed by atoms with Crippen molar-refractivity contribution in [3.05, 3.63) is 75.9 Å². The number of thiazole rings is 2. The largest absolute Gasteiger partial charge is 0.459 e. The van der Waals surface area contributed by atoms with Gasteiger partial charge in [-0.25, -0.2) is 25.4 Å². The zero-order valence-corrected chi connectivity index (χ0v) is 31.7. The predicted octanol–water partition coefficient (Wildman–Crippen LogP) is 7.11. The summed E-state index contributed by atoms with van der Waals surface area (Å²) in [4.78, 5) is 47.4. The second-order valence-corrected chi connectivity index (χ2v) is 15.3. The van der Waals surface area contributed by atoms with Crippen LogP contribution in [0.5, 0.6) is 0 Å². The number of aryl methyl sites for hydroxylation is 6. The summed E-state index contributed by atoms with van der Waals surface area (Å²) in [5.41, 5.74) is 3.60. The Labute approximate surface area is 303 Å². The normalized spacial score (nSPS) is 10.4. The van der Waals surface area contributed by atoms with Gasteiger partial charge in [-0.05, 0) is 84.6 Å². The predicted molar refractivity (Wildman–Crippen MR) is 193 cm³/mol. The fourth-order valence-electron chi connectivity index (χ4n) is 3.71. The van der Waals surface area contributed by atoms with Gasteiger partial charge in [-0.1, -0.05) is 0 Å². The van der Waals surface area contributed by atoms with Crippen molar-refractivity contribution in [1.29, 1.82) is 0 Å². The number of nitrogens with two attached hydrogens (primary N) is 1. The average molecular weight is 767 g/mol. The van der Waals surface area contributed by atoms with Crippen LogP contribution in [0, 0.1) is 13.8 Å². The monoisotopic (exact) mass is 765 g/mol. The molecule has 11 nitrogen and oxygen atoms in total. The molecule has 4 heterocycles. The number of halogens is 2. The number of carbonyl (C=O) groups is 3. The zero-order valence-electron chi connectivity index (χ0n) is 26.8. The van der Waals surface area contributed by atoms with Crippen LogP contribution < -0.4 is 16.6 Å². The van der Waals surface area contributed by atoms with Crippen molar-refractivity contribution in [1.82, 2.24) is 20.7 Å². The smallest absolute Gasteiger partial charge is 0.421 e. The zero-order chi connectivity index (χ0) is 32.8. The van der Waals surface area contributed by atoms with Gasteiger partial charge >= 0.3 is 18.2 Å². The molecule has 0 aliphatic heterocycles. The van der Waals surface area contributed by atoms with Gasteiger partial charge in [-0.15, -0.1) is 70.2 Å². The number of alkyl carbamates (subject to hydrolysis) is 1. The Kier molecular flexibility index (Phi) is 19.1. The van der Waals surface area contributed by atoms with Crippen LogP contribution >= 0.6 is 70.2 Å². The molecule has 0 aromatic carbocycles. The van der Waals surface area contributed by atoms with Crippen molar-refractivity contribution in [2.75, 3.05) is 6.54 Å². The van der Waals surface area contributed by atoms with Gasteiger partial charge in [0.15, 0.2) is 0 Å². The van der Waals surface area contributed by atoms with Gasteiger partial charge in [0.2, 0.25) is 0 Å². The number of hydrogen-bond acceptors (Lipinski definition) is 13. The summed E-state index contributed by atoms with van der Waals surface area (Å²) in [6.45, 7) is 9.55. The Hall–Kier alpha value is -2.79. The molecule has 0 unspecified atom stereocenters. The van der Waals surface area contributed by atoms with Crippen LogP contribution in [0.15, 0.2) is 35.0 Å². The number of amides is 2. The van der Waals surface area contributed by atoms with E-state index in [1.54, 1.807) is 66.1 Å². The van der Waals surface area contributed by atoms with E-state index in [1.165, 1.54) is 9.75 Å². The molecule has 4 aromatic heterocycles. The van der Waals surface area contributed by atoms with Crippen molar-refractivity contribution in [3.63, 3.8) is 0 Å². The van der Waals surface area contributed by atoms with E-state index in [0.717, 1.165) is 56.8 Å². The molecule has 260 valence electrons.